The standard InChI is InChI=1S/C15H17NO2/c1-10-13(11-6-2-3-7-12(11)16-10)15(14(17)18)8-4-5-9-15/h2-3,6-7,16H,4-5,8-9H2,1H3,(H,17,18). The molecule has 1 fully saturated rings. The minimum atomic E-state index is -0.677. The molecule has 0 saturated heterocycles. The van der Waals surface area contributed by atoms with E-state index in [0.717, 1.165) is 47.8 Å². The van der Waals surface area contributed by atoms with Crippen molar-refractivity contribution >= 4 is 16.9 Å². The Morgan fingerprint density at radius 3 is 2.61 bits per heavy atom. The van der Waals surface area contributed by atoms with Gasteiger partial charge in [0.15, 0.2) is 0 Å². The minimum absolute atomic E-state index is 0.673. The Morgan fingerprint density at radius 2 is 1.94 bits per heavy atom. The SMILES string of the molecule is Cc1[nH]c2ccccc2c1C1(C(=O)O)CCCC1. The number of hydrogen-bond donors (Lipinski definition) is 2. The molecule has 0 amide bonds. The largest absolute Gasteiger partial charge is 0.481 e. The lowest BCUT2D eigenvalue weighted by Gasteiger charge is -2.24. The van der Waals surface area contributed by atoms with Crippen LogP contribution in [-0.4, -0.2) is 16.1 Å². The van der Waals surface area contributed by atoms with E-state index in [4.69, 9.17) is 0 Å². The van der Waals surface area contributed by atoms with E-state index >= 15 is 0 Å². The first-order valence-electron chi connectivity index (χ1n) is 6.46. The first-order chi connectivity index (χ1) is 8.65. The molecule has 3 heteroatoms. The third-order valence-electron chi connectivity index (χ3n) is 4.24. The van der Waals surface area contributed by atoms with Crippen LogP contribution in [0.4, 0.5) is 0 Å². The summed E-state index contributed by atoms with van der Waals surface area (Å²) in [6.07, 6.45) is 3.52. The Kier molecular flexibility index (Phi) is 2.44. The molecule has 1 aromatic carbocycles. The molecule has 2 aromatic rings. The van der Waals surface area contributed by atoms with Gasteiger partial charge in [0, 0.05) is 16.6 Å². The van der Waals surface area contributed by atoms with Gasteiger partial charge >= 0.3 is 5.97 Å². The minimum Gasteiger partial charge on any atom is -0.481 e. The number of carbonyl (C=O) groups is 1. The van der Waals surface area contributed by atoms with Crippen LogP contribution in [-0.2, 0) is 10.2 Å². The highest BCUT2D eigenvalue weighted by atomic mass is 16.4. The van der Waals surface area contributed by atoms with E-state index < -0.39 is 11.4 Å². The second kappa shape index (κ2) is 3.87. The van der Waals surface area contributed by atoms with Crippen molar-refractivity contribution in [3.63, 3.8) is 0 Å². The quantitative estimate of drug-likeness (QED) is 0.849. The van der Waals surface area contributed by atoms with Crippen LogP contribution < -0.4 is 0 Å². The smallest absolute Gasteiger partial charge is 0.314 e. The van der Waals surface area contributed by atoms with E-state index in [2.05, 4.69) is 4.98 Å². The summed E-state index contributed by atoms with van der Waals surface area (Å²) in [6, 6.07) is 7.99. The van der Waals surface area contributed by atoms with Gasteiger partial charge in [0.1, 0.15) is 0 Å². The van der Waals surface area contributed by atoms with E-state index in [0.29, 0.717) is 0 Å². The predicted molar refractivity (Wildman–Crippen MR) is 70.8 cm³/mol. The maximum absolute atomic E-state index is 11.8. The Balaban J connectivity index is 2.30. The van der Waals surface area contributed by atoms with Crippen LogP contribution in [0.2, 0.25) is 0 Å². The van der Waals surface area contributed by atoms with Crippen LogP contribution >= 0.6 is 0 Å². The molecule has 94 valence electrons. The fraction of sp³-hybridized carbons (Fsp3) is 0.400. The molecular weight excluding hydrogens is 226 g/mol. The molecule has 0 radical (unpaired) electrons. The zero-order valence-corrected chi connectivity index (χ0v) is 10.5. The summed E-state index contributed by atoms with van der Waals surface area (Å²) in [5, 5.41) is 10.8. The number of aromatic amines is 1. The highest BCUT2D eigenvalue weighted by Gasteiger charge is 2.45. The zero-order chi connectivity index (χ0) is 12.8. The van der Waals surface area contributed by atoms with Gasteiger partial charge in [-0.3, -0.25) is 4.79 Å². The first kappa shape index (κ1) is 11.3. The third-order valence-corrected chi connectivity index (χ3v) is 4.24. The average molecular weight is 243 g/mol. The molecule has 18 heavy (non-hydrogen) atoms. The topological polar surface area (TPSA) is 53.1 Å². The molecule has 1 aromatic heterocycles. The summed E-state index contributed by atoms with van der Waals surface area (Å²) in [6.45, 7) is 1.98. The molecule has 1 aliphatic carbocycles. The lowest BCUT2D eigenvalue weighted by atomic mass is 9.77. The Bertz CT molecular complexity index is 606. The van der Waals surface area contributed by atoms with Crippen LogP contribution in [0.15, 0.2) is 24.3 Å². The summed E-state index contributed by atoms with van der Waals surface area (Å²) in [7, 11) is 0. The number of benzene rings is 1. The molecule has 3 nitrogen and oxygen atoms in total. The highest BCUT2D eigenvalue weighted by Crippen LogP contribution is 2.45. The van der Waals surface area contributed by atoms with Gasteiger partial charge in [0.05, 0.1) is 5.41 Å². The molecule has 3 rings (SSSR count). The van der Waals surface area contributed by atoms with Crippen LogP contribution in [0.25, 0.3) is 10.9 Å². The number of hydrogen-bond acceptors (Lipinski definition) is 1. The molecule has 0 spiro atoms. The third kappa shape index (κ3) is 1.40. The van der Waals surface area contributed by atoms with Gasteiger partial charge in [-0.1, -0.05) is 31.0 Å². The van der Waals surface area contributed by atoms with Gasteiger partial charge in [0.2, 0.25) is 0 Å². The molecule has 1 heterocycles. The summed E-state index contributed by atoms with van der Waals surface area (Å²) >= 11 is 0. The average Bonchev–Trinajstić information content (AvgIpc) is 2.92. The molecule has 2 N–H and O–H groups in total. The van der Waals surface area contributed by atoms with Gasteiger partial charge in [-0.05, 0) is 31.4 Å². The highest BCUT2D eigenvalue weighted by molar-refractivity contribution is 5.93. The van der Waals surface area contributed by atoms with Crippen molar-refractivity contribution in [3.05, 3.63) is 35.5 Å². The zero-order valence-electron chi connectivity index (χ0n) is 10.5. The van der Waals surface area contributed by atoms with Crippen LogP contribution in [0, 0.1) is 6.92 Å². The van der Waals surface area contributed by atoms with Gasteiger partial charge < -0.3 is 10.1 Å². The van der Waals surface area contributed by atoms with E-state index in [-0.39, 0.29) is 0 Å². The molecular formula is C15H17NO2. The van der Waals surface area contributed by atoms with Crippen LogP contribution in [0.1, 0.15) is 36.9 Å². The number of carboxylic acids is 1. The number of carboxylic acid groups (broad SMARTS) is 1. The maximum Gasteiger partial charge on any atom is 0.314 e. The van der Waals surface area contributed by atoms with E-state index in [1.807, 2.05) is 31.2 Å². The Hall–Kier alpha value is -1.77. The number of H-pyrrole nitrogens is 1. The van der Waals surface area contributed by atoms with Crippen molar-refractivity contribution in [1.29, 1.82) is 0 Å². The first-order valence-corrected chi connectivity index (χ1v) is 6.46. The second-order valence-corrected chi connectivity index (χ2v) is 5.26. The molecule has 0 unspecified atom stereocenters. The number of fused-ring (bicyclic) bond motifs is 1. The lowest BCUT2D eigenvalue weighted by molar-refractivity contribution is -0.143. The molecule has 1 saturated carbocycles. The van der Waals surface area contributed by atoms with Crippen LogP contribution in [0.3, 0.4) is 0 Å². The van der Waals surface area contributed by atoms with Gasteiger partial charge in [-0.15, -0.1) is 0 Å². The fourth-order valence-electron chi connectivity index (χ4n) is 3.44. The normalized spacial score (nSPS) is 18.3. The van der Waals surface area contributed by atoms with Crippen molar-refractivity contribution in [2.45, 2.75) is 38.0 Å². The Labute approximate surface area is 106 Å². The van der Waals surface area contributed by atoms with Crippen molar-refractivity contribution in [1.82, 2.24) is 4.98 Å². The van der Waals surface area contributed by atoms with Crippen LogP contribution in [0.5, 0.6) is 0 Å². The molecule has 0 atom stereocenters. The van der Waals surface area contributed by atoms with Gasteiger partial charge in [0.25, 0.3) is 0 Å². The molecule has 0 bridgehead atoms. The number of aryl methyl sites for hydroxylation is 1. The van der Waals surface area contributed by atoms with Crippen molar-refractivity contribution in [2.75, 3.05) is 0 Å². The summed E-state index contributed by atoms with van der Waals surface area (Å²) in [5.41, 5.74) is 2.37. The summed E-state index contributed by atoms with van der Waals surface area (Å²) in [5.74, 6) is -0.673. The van der Waals surface area contributed by atoms with E-state index in [9.17, 15) is 9.90 Å². The number of rotatable bonds is 2. The maximum atomic E-state index is 11.8. The van der Waals surface area contributed by atoms with Gasteiger partial charge in [-0.25, -0.2) is 0 Å². The van der Waals surface area contributed by atoms with Crippen molar-refractivity contribution in [2.24, 2.45) is 0 Å². The van der Waals surface area contributed by atoms with Crippen molar-refractivity contribution in [3.8, 4) is 0 Å². The van der Waals surface area contributed by atoms with E-state index in [1.54, 1.807) is 0 Å². The Morgan fingerprint density at radius 1 is 1.28 bits per heavy atom. The second-order valence-electron chi connectivity index (χ2n) is 5.26. The predicted octanol–water partition coefficient (Wildman–Crippen LogP) is 3.37. The molecule has 0 aliphatic heterocycles. The number of para-hydroxylation sites is 1. The monoisotopic (exact) mass is 243 g/mol. The van der Waals surface area contributed by atoms with Gasteiger partial charge in [-0.2, -0.15) is 0 Å². The fourth-order valence-corrected chi connectivity index (χ4v) is 3.44. The number of aliphatic carboxylic acids is 1. The van der Waals surface area contributed by atoms with Crippen molar-refractivity contribution < 1.29 is 9.90 Å². The summed E-state index contributed by atoms with van der Waals surface area (Å²) in [4.78, 5) is 15.1. The lowest BCUT2D eigenvalue weighted by Crippen LogP contribution is -2.33. The molecule has 1 aliphatic rings. The number of aromatic nitrogens is 1. The summed E-state index contributed by atoms with van der Waals surface area (Å²) < 4.78 is 0. The number of nitrogens with one attached hydrogen (secondary N) is 1. The van der Waals surface area contributed by atoms with E-state index in [1.165, 1.54) is 0 Å².